The fourth-order valence-electron chi connectivity index (χ4n) is 2.94. The molecule has 0 spiro atoms. The van der Waals surface area contributed by atoms with Crippen molar-refractivity contribution in [2.75, 3.05) is 32.8 Å². The molecule has 0 atom stereocenters. The minimum Gasteiger partial charge on any atom is -0.491 e. The quantitative estimate of drug-likeness (QED) is 0.803. The molecule has 0 unspecified atom stereocenters. The molecule has 7 nitrogen and oxygen atoms in total. The number of amides is 1. The Hall–Kier alpha value is -1.67. The molecule has 1 amide bonds. The first kappa shape index (κ1) is 15.8. The number of nitrogens with one attached hydrogen (secondary N) is 1. The molecule has 8 heteroatoms. The van der Waals surface area contributed by atoms with E-state index in [2.05, 4.69) is 36.5 Å². The second kappa shape index (κ2) is 6.68. The second-order valence-electron chi connectivity index (χ2n) is 6.43. The maximum absolute atomic E-state index is 11.4. The highest BCUT2D eigenvalue weighted by molar-refractivity contribution is 9.10. The van der Waals surface area contributed by atoms with Crippen LogP contribution in [0.3, 0.4) is 0 Å². The van der Waals surface area contributed by atoms with E-state index in [1.165, 1.54) is 12.8 Å². The smallest absolute Gasteiger partial charge is 0.234 e. The SMILES string of the molecule is O=C1CN(CCOc2ccc3c(nnn3CC3CC3)c2Br)CCN1. The summed E-state index contributed by atoms with van der Waals surface area (Å²) in [6, 6.07) is 3.98. The van der Waals surface area contributed by atoms with Crippen molar-refractivity contribution in [3.05, 3.63) is 16.6 Å². The van der Waals surface area contributed by atoms with Gasteiger partial charge in [0.05, 0.1) is 16.5 Å². The van der Waals surface area contributed by atoms with Crippen LogP contribution in [0, 0.1) is 5.92 Å². The van der Waals surface area contributed by atoms with Gasteiger partial charge in [-0.15, -0.1) is 5.10 Å². The Bertz CT molecular complexity index is 758. The van der Waals surface area contributed by atoms with Crippen LogP contribution in [-0.4, -0.2) is 58.6 Å². The van der Waals surface area contributed by atoms with Crippen LogP contribution in [0.5, 0.6) is 5.75 Å². The lowest BCUT2D eigenvalue weighted by atomic mass is 10.3. The Morgan fingerprint density at radius 3 is 3.04 bits per heavy atom. The minimum absolute atomic E-state index is 0.0797. The van der Waals surface area contributed by atoms with Crippen LogP contribution >= 0.6 is 15.9 Å². The number of hydrogen-bond donors (Lipinski definition) is 1. The maximum atomic E-state index is 11.4. The van der Waals surface area contributed by atoms with E-state index in [1.807, 2.05) is 16.8 Å². The molecule has 1 N–H and O–H groups in total. The van der Waals surface area contributed by atoms with Crippen molar-refractivity contribution in [2.45, 2.75) is 19.4 Å². The summed E-state index contributed by atoms with van der Waals surface area (Å²) in [7, 11) is 0. The number of hydrogen-bond acceptors (Lipinski definition) is 5. The van der Waals surface area contributed by atoms with Gasteiger partial charge in [-0.2, -0.15) is 0 Å². The number of piperazine rings is 1. The van der Waals surface area contributed by atoms with Crippen molar-refractivity contribution >= 4 is 32.9 Å². The van der Waals surface area contributed by atoms with E-state index in [9.17, 15) is 4.79 Å². The summed E-state index contributed by atoms with van der Waals surface area (Å²) in [5.74, 6) is 1.60. The summed E-state index contributed by atoms with van der Waals surface area (Å²) in [5.41, 5.74) is 1.87. The Morgan fingerprint density at radius 1 is 1.38 bits per heavy atom. The van der Waals surface area contributed by atoms with E-state index >= 15 is 0 Å². The van der Waals surface area contributed by atoms with Gasteiger partial charge in [0.2, 0.25) is 5.91 Å². The molecule has 1 aromatic heterocycles. The summed E-state index contributed by atoms with van der Waals surface area (Å²) in [4.78, 5) is 13.5. The largest absolute Gasteiger partial charge is 0.491 e. The van der Waals surface area contributed by atoms with Crippen molar-refractivity contribution in [3.8, 4) is 5.75 Å². The van der Waals surface area contributed by atoms with Gasteiger partial charge in [0.25, 0.3) is 0 Å². The molecule has 1 saturated heterocycles. The highest BCUT2D eigenvalue weighted by Gasteiger charge is 2.24. The Labute approximate surface area is 148 Å². The van der Waals surface area contributed by atoms with E-state index < -0.39 is 0 Å². The van der Waals surface area contributed by atoms with Crippen LogP contribution < -0.4 is 10.1 Å². The predicted octanol–water partition coefficient (Wildman–Crippen LogP) is 1.41. The first-order chi connectivity index (χ1) is 11.7. The first-order valence-electron chi connectivity index (χ1n) is 8.34. The number of benzene rings is 1. The third kappa shape index (κ3) is 3.39. The van der Waals surface area contributed by atoms with E-state index in [4.69, 9.17) is 4.74 Å². The summed E-state index contributed by atoms with van der Waals surface area (Å²) in [5, 5.41) is 11.4. The van der Waals surface area contributed by atoms with Gasteiger partial charge in [-0.1, -0.05) is 5.21 Å². The van der Waals surface area contributed by atoms with Gasteiger partial charge in [0.15, 0.2) is 0 Å². The zero-order chi connectivity index (χ0) is 16.5. The van der Waals surface area contributed by atoms with Crippen molar-refractivity contribution in [2.24, 2.45) is 5.92 Å². The molecule has 24 heavy (non-hydrogen) atoms. The van der Waals surface area contributed by atoms with E-state index in [0.29, 0.717) is 19.7 Å². The molecule has 128 valence electrons. The number of nitrogens with zero attached hydrogens (tertiary/aromatic N) is 4. The van der Waals surface area contributed by atoms with Crippen molar-refractivity contribution in [1.82, 2.24) is 25.2 Å². The topological polar surface area (TPSA) is 72.3 Å². The first-order valence-corrected chi connectivity index (χ1v) is 9.13. The second-order valence-corrected chi connectivity index (χ2v) is 7.23. The van der Waals surface area contributed by atoms with Crippen LogP contribution in [0.4, 0.5) is 0 Å². The van der Waals surface area contributed by atoms with E-state index in [0.717, 1.165) is 46.8 Å². The third-order valence-electron chi connectivity index (χ3n) is 4.50. The number of ether oxygens (including phenoxy) is 1. The molecule has 2 heterocycles. The van der Waals surface area contributed by atoms with Crippen LogP contribution in [-0.2, 0) is 11.3 Å². The predicted molar refractivity (Wildman–Crippen MR) is 92.9 cm³/mol. The molecule has 0 bridgehead atoms. The van der Waals surface area contributed by atoms with Crippen molar-refractivity contribution in [1.29, 1.82) is 0 Å². The number of halogens is 1. The number of carbonyl (C=O) groups excluding carboxylic acids is 1. The van der Waals surface area contributed by atoms with Gasteiger partial charge in [-0.25, -0.2) is 4.68 Å². The normalized spacial score (nSPS) is 18.8. The van der Waals surface area contributed by atoms with Gasteiger partial charge in [-0.3, -0.25) is 9.69 Å². The van der Waals surface area contributed by atoms with Crippen molar-refractivity contribution in [3.63, 3.8) is 0 Å². The molecular formula is C16H20BrN5O2. The van der Waals surface area contributed by atoms with E-state index in [1.54, 1.807) is 0 Å². The average Bonchev–Trinajstić information content (AvgIpc) is 3.29. The molecule has 4 rings (SSSR count). The average molecular weight is 394 g/mol. The fourth-order valence-corrected chi connectivity index (χ4v) is 3.47. The van der Waals surface area contributed by atoms with Gasteiger partial charge < -0.3 is 10.1 Å². The number of aromatic nitrogens is 3. The molecule has 1 aromatic carbocycles. The number of fused-ring (bicyclic) bond motifs is 1. The molecule has 0 radical (unpaired) electrons. The zero-order valence-electron chi connectivity index (χ0n) is 13.4. The molecule has 2 aromatic rings. The molecule has 1 aliphatic carbocycles. The Morgan fingerprint density at radius 2 is 2.25 bits per heavy atom. The van der Waals surface area contributed by atoms with Crippen LogP contribution in [0.15, 0.2) is 16.6 Å². The molecule has 1 aliphatic heterocycles. The summed E-state index contributed by atoms with van der Waals surface area (Å²) >= 11 is 3.59. The van der Waals surface area contributed by atoms with Gasteiger partial charge in [0, 0.05) is 26.2 Å². The lowest BCUT2D eigenvalue weighted by Gasteiger charge is -2.26. The lowest BCUT2D eigenvalue weighted by Crippen LogP contribution is -2.48. The molecular weight excluding hydrogens is 374 g/mol. The van der Waals surface area contributed by atoms with Crippen molar-refractivity contribution < 1.29 is 9.53 Å². The monoisotopic (exact) mass is 393 g/mol. The maximum Gasteiger partial charge on any atom is 0.234 e. The Kier molecular flexibility index (Phi) is 4.41. The fraction of sp³-hybridized carbons (Fsp3) is 0.562. The van der Waals surface area contributed by atoms with Crippen LogP contribution in [0.2, 0.25) is 0 Å². The van der Waals surface area contributed by atoms with Gasteiger partial charge in [-0.05, 0) is 46.8 Å². The summed E-state index contributed by atoms with van der Waals surface area (Å²) in [6.07, 6.45) is 2.58. The molecule has 1 saturated carbocycles. The lowest BCUT2D eigenvalue weighted by molar-refractivity contribution is -0.124. The van der Waals surface area contributed by atoms with Gasteiger partial charge >= 0.3 is 0 Å². The summed E-state index contributed by atoms with van der Waals surface area (Å²) in [6.45, 7) is 4.22. The molecule has 2 fully saturated rings. The van der Waals surface area contributed by atoms with Gasteiger partial charge in [0.1, 0.15) is 17.9 Å². The van der Waals surface area contributed by atoms with Crippen LogP contribution in [0.1, 0.15) is 12.8 Å². The highest BCUT2D eigenvalue weighted by Crippen LogP contribution is 2.34. The molecule has 2 aliphatic rings. The highest BCUT2D eigenvalue weighted by atomic mass is 79.9. The zero-order valence-corrected chi connectivity index (χ0v) is 15.0. The third-order valence-corrected chi connectivity index (χ3v) is 5.27. The summed E-state index contributed by atoms with van der Waals surface area (Å²) < 4.78 is 8.71. The number of rotatable bonds is 6. The van der Waals surface area contributed by atoms with E-state index in [-0.39, 0.29) is 5.91 Å². The number of carbonyl (C=O) groups is 1. The standard InChI is InChI=1S/C16H20BrN5O2/c17-15-13(24-8-7-21-6-5-18-14(23)10-21)4-3-12-16(15)19-20-22(12)9-11-1-2-11/h3-4,11H,1-2,5-10H2,(H,18,23). The minimum atomic E-state index is 0.0797. The van der Waals surface area contributed by atoms with Crippen LogP contribution in [0.25, 0.3) is 11.0 Å². The Balaban J connectivity index is 1.40.